The molecule has 2 rings (SSSR count). The molecule has 0 bridgehead atoms. The van der Waals surface area contributed by atoms with Crippen molar-refractivity contribution in [3.05, 3.63) is 30.1 Å². The van der Waals surface area contributed by atoms with E-state index in [0.29, 0.717) is 0 Å². The molecule has 1 fully saturated rings. The first-order valence-electron chi connectivity index (χ1n) is 5.97. The number of aromatic nitrogens is 1. The van der Waals surface area contributed by atoms with E-state index < -0.39 is 0 Å². The van der Waals surface area contributed by atoms with Crippen molar-refractivity contribution < 1.29 is 0 Å². The molecule has 2 nitrogen and oxygen atoms in total. The van der Waals surface area contributed by atoms with Crippen LogP contribution in [0.1, 0.15) is 38.2 Å². The van der Waals surface area contributed by atoms with E-state index in [1.807, 2.05) is 12.4 Å². The Morgan fingerprint density at radius 2 is 2.13 bits per heavy atom. The van der Waals surface area contributed by atoms with Gasteiger partial charge in [-0.15, -0.1) is 0 Å². The second-order valence-corrected chi connectivity index (χ2v) is 4.71. The fourth-order valence-electron chi connectivity index (χ4n) is 2.38. The van der Waals surface area contributed by atoms with Gasteiger partial charge in [-0.05, 0) is 36.5 Å². The second-order valence-electron chi connectivity index (χ2n) is 4.71. The normalized spacial score (nSPS) is 26.5. The molecule has 1 heterocycles. The number of nitrogens with one attached hydrogen (secondary N) is 1. The Morgan fingerprint density at radius 3 is 2.87 bits per heavy atom. The van der Waals surface area contributed by atoms with Crippen molar-refractivity contribution in [3.8, 4) is 0 Å². The fourth-order valence-corrected chi connectivity index (χ4v) is 2.38. The predicted octanol–water partition coefficient (Wildman–Crippen LogP) is 2.75. The highest BCUT2D eigenvalue weighted by atomic mass is 14.9. The Morgan fingerprint density at radius 1 is 1.33 bits per heavy atom. The molecule has 0 radical (unpaired) electrons. The molecule has 0 aromatic carbocycles. The van der Waals surface area contributed by atoms with E-state index in [1.165, 1.54) is 31.2 Å². The number of pyridine rings is 1. The standard InChI is InChI=1S/C13H20N2/c1-11-3-2-4-13(9-11)15-10-12-5-7-14-8-6-12/h5-8,11,13,15H,2-4,9-10H2,1H3. The minimum atomic E-state index is 0.724. The minimum Gasteiger partial charge on any atom is -0.310 e. The van der Waals surface area contributed by atoms with Gasteiger partial charge in [0.15, 0.2) is 0 Å². The lowest BCUT2D eigenvalue weighted by Crippen LogP contribution is -2.33. The summed E-state index contributed by atoms with van der Waals surface area (Å²) in [7, 11) is 0. The van der Waals surface area contributed by atoms with Crippen molar-refractivity contribution in [1.82, 2.24) is 10.3 Å². The van der Waals surface area contributed by atoms with Crippen LogP contribution in [0.4, 0.5) is 0 Å². The van der Waals surface area contributed by atoms with Crippen molar-refractivity contribution >= 4 is 0 Å². The smallest absolute Gasteiger partial charge is 0.0271 e. The maximum Gasteiger partial charge on any atom is 0.0271 e. The Hall–Kier alpha value is -0.890. The van der Waals surface area contributed by atoms with Gasteiger partial charge in [-0.25, -0.2) is 0 Å². The summed E-state index contributed by atoms with van der Waals surface area (Å²) in [6, 6.07) is 4.89. The third kappa shape index (κ3) is 3.31. The molecule has 1 saturated carbocycles. The molecule has 82 valence electrons. The molecule has 1 aromatic heterocycles. The van der Waals surface area contributed by atoms with Crippen LogP contribution in [-0.4, -0.2) is 11.0 Å². The third-order valence-corrected chi connectivity index (χ3v) is 3.28. The van der Waals surface area contributed by atoms with E-state index in [0.717, 1.165) is 18.5 Å². The first kappa shape index (κ1) is 10.6. The fraction of sp³-hybridized carbons (Fsp3) is 0.615. The van der Waals surface area contributed by atoms with Crippen LogP contribution in [0.5, 0.6) is 0 Å². The zero-order valence-corrected chi connectivity index (χ0v) is 9.45. The maximum atomic E-state index is 4.02. The predicted molar refractivity (Wildman–Crippen MR) is 62.5 cm³/mol. The molecule has 2 unspecified atom stereocenters. The molecule has 1 aromatic rings. The highest BCUT2D eigenvalue weighted by molar-refractivity contribution is 5.09. The van der Waals surface area contributed by atoms with Crippen LogP contribution in [0.25, 0.3) is 0 Å². The van der Waals surface area contributed by atoms with Gasteiger partial charge in [-0.1, -0.05) is 19.8 Å². The molecule has 0 aliphatic heterocycles. The summed E-state index contributed by atoms with van der Waals surface area (Å²) in [5.41, 5.74) is 1.34. The second kappa shape index (κ2) is 5.26. The summed E-state index contributed by atoms with van der Waals surface area (Å²) in [6.45, 7) is 3.35. The monoisotopic (exact) mass is 204 g/mol. The van der Waals surface area contributed by atoms with Gasteiger partial charge in [0.2, 0.25) is 0 Å². The Balaban J connectivity index is 1.78. The average molecular weight is 204 g/mol. The van der Waals surface area contributed by atoms with E-state index in [2.05, 4.69) is 29.4 Å². The average Bonchev–Trinajstić information content (AvgIpc) is 2.28. The van der Waals surface area contributed by atoms with Crippen LogP contribution < -0.4 is 5.32 Å². The number of nitrogens with zero attached hydrogens (tertiary/aromatic N) is 1. The van der Waals surface area contributed by atoms with Gasteiger partial charge in [-0.2, -0.15) is 0 Å². The van der Waals surface area contributed by atoms with Crippen LogP contribution in [-0.2, 0) is 6.54 Å². The zero-order chi connectivity index (χ0) is 10.5. The Labute approximate surface area is 92.1 Å². The van der Waals surface area contributed by atoms with Gasteiger partial charge in [0.05, 0.1) is 0 Å². The molecular weight excluding hydrogens is 184 g/mol. The van der Waals surface area contributed by atoms with Crippen LogP contribution in [0.3, 0.4) is 0 Å². The van der Waals surface area contributed by atoms with Crippen LogP contribution in [0.2, 0.25) is 0 Å². The number of rotatable bonds is 3. The first-order chi connectivity index (χ1) is 7.34. The van der Waals surface area contributed by atoms with Crippen LogP contribution in [0.15, 0.2) is 24.5 Å². The van der Waals surface area contributed by atoms with E-state index >= 15 is 0 Å². The topological polar surface area (TPSA) is 24.9 Å². The first-order valence-corrected chi connectivity index (χ1v) is 5.97. The third-order valence-electron chi connectivity index (χ3n) is 3.28. The number of hydrogen-bond acceptors (Lipinski definition) is 2. The van der Waals surface area contributed by atoms with Crippen molar-refractivity contribution in [2.75, 3.05) is 0 Å². The highest BCUT2D eigenvalue weighted by Crippen LogP contribution is 2.23. The molecule has 2 atom stereocenters. The zero-order valence-electron chi connectivity index (χ0n) is 9.45. The molecule has 2 heteroatoms. The van der Waals surface area contributed by atoms with E-state index in [4.69, 9.17) is 0 Å². The lowest BCUT2D eigenvalue weighted by molar-refractivity contribution is 0.300. The van der Waals surface area contributed by atoms with Crippen molar-refractivity contribution in [2.24, 2.45) is 5.92 Å². The molecule has 0 saturated heterocycles. The summed E-state index contributed by atoms with van der Waals surface area (Å²) in [6.07, 6.45) is 9.20. The summed E-state index contributed by atoms with van der Waals surface area (Å²) in [4.78, 5) is 4.02. The summed E-state index contributed by atoms with van der Waals surface area (Å²) < 4.78 is 0. The van der Waals surface area contributed by atoms with Gasteiger partial charge < -0.3 is 5.32 Å². The van der Waals surface area contributed by atoms with E-state index in [-0.39, 0.29) is 0 Å². The molecule has 1 N–H and O–H groups in total. The molecular formula is C13H20N2. The lowest BCUT2D eigenvalue weighted by atomic mass is 9.87. The Bertz CT molecular complexity index is 284. The van der Waals surface area contributed by atoms with Gasteiger partial charge in [0.25, 0.3) is 0 Å². The molecule has 0 spiro atoms. The molecule has 15 heavy (non-hydrogen) atoms. The van der Waals surface area contributed by atoms with E-state index in [1.54, 1.807) is 0 Å². The van der Waals surface area contributed by atoms with E-state index in [9.17, 15) is 0 Å². The summed E-state index contributed by atoms with van der Waals surface area (Å²) in [5.74, 6) is 0.897. The lowest BCUT2D eigenvalue weighted by Gasteiger charge is -2.27. The van der Waals surface area contributed by atoms with Crippen molar-refractivity contribution in [3.63, 3.8) is 0 Å². The van der Waals surface area contributed by atoms with Gasteiger partial charge in [-0.3, -0.25) is 4.98 Å². The highest BCUT2D eigenvalue weighted by Gasteiger charge is 2.17. The van der Waals surface area contributed by atoms with Gasteiger partial charge in [0, 0.05) is 25.0 Å². The minimum absolute atomic E-state index is 0.724. The summed E-state index contributed by atoms with van der Waals surface area (Å²) >= 11 is 0. The number of hydrogen-bond donors (Lipinski definition) is 1. The SMILES string of the molecule is CC1CCCC(NCc2ccncc2)C1. The van der Waals surface area contributed by atoms with Crippen molar-refractivity contribution in [1.29, 1.82) is 0 Å². The van der Waals surface area contributed by atoms with Crippen LogP contribution >= 0.6 is 0 Å². The quantitative estimate of drug-likeness (QED) is 0.819. The largest absolute Gasteiger partial charge is 0.310 e. The summed E-state index contributed by atoms with van der Waals surface area (Å²) in [5, 5.41) is 3.64. The van der Waals surface area contributed by atoms with Gasteiger partial charge >= 0.3 is 0 Å². The molecule has 1 aliphatic carbocycles. The molecule has 1 aliphatic rings. The van der Waals surface area contributed by atoms with Gasteiger partial charge in [0.1, 0.15) is 0 Å². The van der Waals surface area contributed by atoms with Crippen molar-refractivity contribution in [2.45, 2.75) is 45.2 Å². The van der Waals surface area contributed by atoms with Crippen LogP contribution in [0, 0.1) is 5.92 Å². The maximum absolute atomic E-state index is 4.02. The Kier molecular flexibility index (Phi) is 3.73. The molecule has 0 amide bonds.